The molecule has 368 valence electrons. The van der Waals surface area contributed by atoms with Crippen molar-refractivity contribution in [2.45, 2.75) is 87.6 Å². The van der Waals surface area contributed by atoms with Gasteiger partial charge < -0.3 is 75.7 Å². The molecule has 0 aromatic heterocycles. The first kappa shape index (κ1) is 54.0. The maximum Gasteiger partial charge on any atom is 0.305 e. The van der Waals surface area contributed by atoms with E-state index in [2.05, 4.69) is 52.5 Å². The lowest BCUT2D eigenvalue weighted by Crippen LogP contribution is -2.60. The Hall–Kier alpha value is -8.32. The molecule has 68 heavy (non-hydrogen) atoms. The van der Waals surface area contributed by atoms with E-state index >= 15 is 0 Å². The molecule has 2 aromatic carbocycles. The fourth-order valence-corrected chi connectivity index (χ4v) is 6.59. The van der Waals surface area contributed by atoms with Crippen LogP contribution >= 0.6 is 0 Å². The van der Waals surface area contributed by atoms with Crippen LogP contribution in [0, 0.1) is 0 Å². The lowest BCUT2D eigenvalue weighted by molar-refractivity contribution is -0.141. The lowest BCUT2D eigenvalue weighted by atomic mass is 10.0. The highest BCUT2D eigenvalue weighted by Crippen LogP contribution is 2.10. The highest BCUT2D eigenvalue weighted by molar-refractivity contribution is 5.99. The molecule has 2 aromatic rings. The summed E-state index contributed by atoms with van der Waals surface area (Å²) in [5.74, 6) is -11.7. The average molecular weight is 951 g/mol. The molecular weight excluding hydrogens is 893 g/mol. The Morgan fingerprint density at radius 1 is 0.471 bits per heavy atom. The zero-order chi connectivity index (χ0) is 50.2. The van der Waals surface area contributed by atoms with Crippen LogP contribution in [-0.2, 0) is 60.8 Å². The zero-order valence-corrected chi connectivity index (χ0v) is 36.9. The summed E-state index contributed by atoms with van der Waals surface area (Å²) in [6.45, 7) is -1.71. The fourth-order valence-electron chi connectivity index (χ4n) is 6.59. The van der Waals surface area contributed by atoms with Crippen molar-refractivity contribution in [3.63, 3.8) is 0 Å². The van der Waals surface area contributed by atoms with Gasteiger partial charge in [-0.2, -0.15) is 0 Å². The number of amides is 8. The number of hydrogen-bond donors (Lipinski definition) is 14. The summed E-state index contributed by atoms with van der Waals surface area (Å²) in [5, 5.41) is 38.5. The van der Waals surface area contributed by atoms with Crippen molar-refractivity contribution in [3.8, 4) is 0 Å². The summed E-state index contributed by atoms with van der Waals surface area (Å²) in [6, 6.07) is 6.96. The number of carboxylic acid groups (broad SMARTS) is 2. The molecule has 0 spiro atoms. The molecule has 1 heterocycles. The highest BCUT2D eigenvalue weighted by atomic mass is 16.4. The summed E-state index contributed by atoms with van der Waals surface area (Å²) in [5.41, 5.74) is 22.7. The van der Waals surface area contributed by atoms with Crippen molar-refractivity contribution in [1.82, 2.24) is 42.5 Å². The predicted octanol–water partition coefficient (Wildman–Crippen LogP) is -5.32. The summed E-state index contributed by atoms with van der Waals surface area (Å²) in [4.78, 5) is 141. The third kappa shape index (κ3) is 20.2. The molecule has 18 N–H and O–H groups in total. The van der Waals surface area contributed by atoms with E-state index in [4.69, 9.17) is 22.9 Å². The largest absolute Gasteiger partial charge is 0.481 e. The molecule has 1 saturated heterocycles. The number of carboxylic acids is 2. The SMILES string of the molecule is NC(N)=NCCC[C@@H]1NC(=O)[C@H](Cc2ccccc2)NC(=O)[C@H](CC(=O)O)NC(=O)CNC(=O)[C@H](CCCN=C(N)N)NC(=O)[C@H](Cc2ccccc2)NC(=O)[C@H](CC(=O)O)NC(=O)CNC1=O. The number of nitrogens with zero attached hydrogens (tertiary/aromatic N) is 2. The normalized spacial score (nSPS) is 21.6. The topological polar surface area (TPSA) is 436 Å². The second-order valence-electron chi connectivity index (χ2n) is 15.4. The Kier molecular flexibility index (Phi) is 22.1. The van der Waals surface area contributed by atoms with Crippen LogP contribution in [0.2, 0.25) is 0 Å². The maximum absolute atomic E-state index is 14.0. The van der Waals surface area contributed by atoms with Gasteiger partial charge in [0.05, 0.1) is 25.9 Å². The van der Waals surface area contributed by atoms with Gasteiger partial charge in [-0.3, -0.25) is 57.9 Å². The Morgan fingerprint density at radius 2 is 0.794 bits per heavy atom. The first-order chi connectivity index (χ1) is 32.3. The van der Waals surface area contributed by atoms with Gasteiger partial charge >= 0.3 is 11.9 Å². The predicted molar refractivity (Wildman–Crippen MR) is 242 cm³/mol. The molecule has 0 unspecified atom stereocenters. The van der Waals surface area contributed by atoms with Gasteiger partial charge in [0.2, 0.25) is 47.3 Å². The van der Waals surface area contributed by atoms with Crippen molar-refractivity contribution in [1.29, 1.82) is 0 Å². The molecular formula is C42H58N14O12. The Labute approximate surface area is 389 Å². The summed E-state index contributed by atoms with van der Waals surface area (Å²) < 4.78 is 0. The first-order valence-corrected chi connectivity index (χ1v) is 21.3. The molecule has 26 nitrogen and oxygen atoms in total. The van der Waals surface area contributed by atoms with Crippen molar-refractivity contribution in [2.24, 2.45) is 32.9 Å². The van der Waals surface area contributed by atoms with Crippen molar-refractivity contribution >= 4 is 71.1 Å². The molecule has 0 saturated carbocycles. The Bertz CT molecular complexity index is 2020. The summed E-state index contributed by atoms with van der Waals surface area (Å²) in [6.07, 6.45) is -2.46. The van der Waals surface area contributed by atoms with Gasteiger partial charge in [0, 0.05) is 25.9 Å². The van der Waals surface area contributed by atoms with E-state index in [0.717, 1.165) is 0 Å². The second kappa shape index (κ2) is 27.9. The number of nitrogens with two attached hydrogens (primary N) is 4. The smallest absolute Gasteiger partial charge is 0.305 e. The monoisotopic (exact) mass is 950 g/mol. The standard InChI is InChI=1S/C42H58N14O12/c43-41(44)47-15-7-13-25-35(63)49-22-32(58)52-30(20-34(61)62)40(68)56-28(18-24-11-5-2-6-12-24)38(66)54-26(14-8-16-48-42(45)46)36(64)50-21-31(57)51-29(19-33(59)60)39(67)55-27(37(65)53-25)17-23-9-3-1-4-10-23/h1-6,9-12,25-30H,7-8,13-22H2,(H,49,63)(H,50,64)(H,51,57)(H,52,58)(H,53,65)(H,54,66)(H,55,67)(H,56,68)(H,59,60)(H,61,62)(H4,43,44,47)(H4,45,46,48)/t25-,26-,27-,28-,29-,30-/m0/s1. The van der Waals surface area contributed by atoms with Crippen LogP contribution in [0.4, 0.5) is 0 Å². The number of carbonyl (C=O) groups is 10. The average Bonchev–Trinajstić information content (AvgIpc) is 3.28. The third-order valence-electron chi connectivity index (χ3n) is 9.90. The van der Waals surface area contributed by atoms with E-state index in [1.807, 2.05) is 0 Å². The number of rotatable bonds is 16. The molecule has 8 amide bonds. The number of hydrogen-bond acceptors (Lipinski definition) is 12. The van der Waals surface area contributed by atoms with Crippen LogP contribution in [0.3, 0.4) is 0 Å². The molecule has 1 aliphatic heterocycles. The van der Waals surface area contributed by atoms with Crippen molar-refractivity contribution in [2.75, 3.05) is 26.2 Å². The number of aliphatic carboxylic acids is 2. The van der Waals surface area contributed by atoms with E-state index in [0.29, 0.717) is 11.1 Å². The number of carbonyl (C=O) groups excluding carboxylic acids is 8. The molecule has 1 aliphatic rings. The van der Waals surface area contributed by atoms with E-state index in [9.17, 15) is 58.2 Å². The van der Waals surface area contributed by atoms with Crippen LogP contribution in [0.25, 0.3) is 0 Å². The molecule has 1 fully saturated rings. The van der Waals surface area contributed by atoms with Crippen LogP contribution in [-0.4, -0.2) is 144 Å². The zero-order valence-electron chi connectivity index (χ0n) is 36.9. The van der Waals surface area contributed by atoms with Gasteiger partial charge in [0.1, 0.15) is 36.3 Å². The lowest BCUT2D eigenvalue weighted by Gasteiger charge is -2.26. The minimum atomic E-state index is -1.81. The van der Waals surface area contributed by atoms with Crippen LogP contribution < -0.4 is 65.5 Å². The van der Waals surface area contributed by atoms with E-state index < -0.39 is 121 Å². The maximum atomic E-state index is 14.0. The van der Waals surface area contributed by atoms with Crippen LogP contribution in [0.5, 0.6) is 0 Å². The highest BCUT2D eigenvalue weighted by Gasteiger charge is 2.34. The number of benzene rings is 2. The van der Waals surface area contributed by atoms with Crippen molar-refractivity contribution < 1.29 is 58.2 Å². The van der Waals surface area contributed by atoms with Gasteiger partial charge in [-0.05, 0) is 36.8 Å². The Morgan fingerprint density at radius 3 is 1.12 bits per heavy atom. The molecule has 0 radical (unpaired) electrons. The van der Waals surface area contributed by atoms with Gasteiger partial charge in [0.15, 0.2) is 11.9 Å². The number of guanidine groups is 2. The molecule has 6 atom stereocenters. The van der Waals surface area contributed by atoms with Gasteiger partial charge in [-0.1, -0.05) is 60.7 Å². The molecule has 26 heteroatoms. The minimum absolute atomic E-state index is 0.000971. The first-order valence-electron chi connectivity index (χ1n) is 21.3. The summed E-state index contributed by atoms with van der Waals surface area (Å²) in [7, 11) is 0. The van der Waals surface area contributed by atoms with Crippen LogP contribution in [0.1, 0.15) is 49.7 Å². The van der Waals surface area contributed by atoms with Gasteiger partial charge in [-0.25, -0.2) is 0 Å². The van der Waals surface area contributed by atoms with E-state index in [-0.39, 0.29) is 63.5 Å². The summed E-state index contributed by atoms with van der Waals surface area (Å²) >= 11 is 0. The van der Waals surface area contributed by atoms with E-state index in [1.165, 1.54) is 0 Å². The molecule has 0 bridgehead atoms. The van der Waals surface area contributed by atoms with E-state index in [1.54, 1.807) is 60.7 Å². The van der Waals surface area contributed by atoms with Gasteiger partial charge in [0.25, 0.3) is 0 Å². The van der Waals surface area contributed by atoms with Gasteiger partial charge in [-0.15, -0.1) is 0 Å². The van der Waals surface area contributed by atoms with Crippen LogP contribution in [0.15, 0.2) is 70.6 Å². The fraction of sp³-hybridized carbons (Fsp3) is 0.429. The second-order valence-corrected chi connectivity index (χ2v) is 15.4. The third-order valence-corrected chi connectivity index (χ3v) is 9.90. The number of nitrogens with one attached hydrogen (secondary N) is 8. The quantitative estimate of drug-likeness (QED) is 0.0425. The minimum Gasteiger partial charge on any atom is -0.481 e. The molecule has 0 aliphatic carbocycles. The molecule has 3 rings (SSSR count). The van der Waals surface area contributed by atoms with Crippen molar-refractivity contribution in [3.05, 3.63) is 71.8 Å². The number of aliphatic imine (C=N–C) groups is 2. The Balaban J connectivity index is 2.09.